The zero-order valence-corrected chi connectivity index (χ0v) is 20.2. The quantitative estimate of drug-likeness (QED) is 0.573. The number of fused-ring (bicyclic) bond motifs is 1. The largest absolute Gasteiger partial charge is 0.463 e. The minimum Gasteiger partial charge on any atom is -0.463 e. The lowest BCUT2D eigenvalue weighted by atomic mass is 9.84. The van der Waals surface area contributed by atoms with E-state index in [9.17, 15) is 9.59 Å². The smallest absolute Gasteiger partial charge is 0.271 e. The van der Waals surface area contributed by atoms with Gasteiger partial charge in [0.25, 0.3) is 5.91 Å². The Labute approximate surface area is 200 Å². The molecule has 1 N–H and O–H groups in total. The molecule has 1 fully saturated rings. The van der Waals surface area contributed by atoms with Gasteiger partial charge in [0.2, 0.25) is 5.91 Å². The number of aryl methyl sites for hydroxylation is 1. The highest BCUT2D eigenvalue weighted by Crippen LogP contribution is 2.35. The Bertz CT molecular complexity index is 1200. The van der Waals surface area contributed by atoms with E-state index in [2.05, 4.69) is 12.2 Å². The summed E-state index contributed by atoms with van der Waals surface area (Å²) in [5, 5.41) is 3.34. The molecule has 3 heterocycles. The van der Waals surface area contributed by atoms with Crippen LogP contribution in [0, 0.1) is 12.8 Å². The van der Waals surface area contributed by atoms with Gasteiger partial charge in [-0.05, 0) is 68.0 Å². The summed E-state index contributed by atoms with van der Waals surface area (Å²) in [4.78, 5) is 29.6. The molecule has 2 aliphatic rings. The first-order valence-electron chi connectivity index (χ1n) is 12.3. The van der Waals surface area contributed by atoms with Gasteiger partial charge in [0, 0.05) is 12.6 Å². The second-order valence-corrected chi connectivity index (χ2v) is 10.1. The number of nitrogens with one attached hydrogen (secondary N) is 1. The summed E-state index contributed by atoms with van der Waals surface area (Å²) in [6.07, 6.45) is 6.07. The van der Waals surface area contributed by atoms with Crippen LogP contribution in [-0.4, -0.2) is 32.9 Å². The number of carbonyl (C=O) groups is 2. The number of hydrogen-bond donors (Lipinski definition) is 1. The maximum atomic E-state index is 14.0. The number of carbonyl (C=O) groups excluding carboxylic acids is 2. The van der Waals surface area contributed by atoms with E-state index >= 15 is 0 Å². The molecule has 1 aromatic carbocycles. The summed E-state index contributed by atoms with van der Waals surface area (Å²) < 4.78 is 7.58. The third-order valence-electron chi connectivity index (χ3n) is 7.79. The molecule has 2 aromatic heterocycles. The number of amides is 2. The third kappa shape index (κ3) is 3.85. The molecule has 0 radical (unpaired) electrons. The van der Waals surface area contributed by atoms with Crippen LogP contribution >= 0.6 is 0 Å². The topological polar surface area (TPSA) is 67.5 Å². The molecule has 0 saturated heterocycles. The fraction of sp³-hybridized carbons (Fsp3) is 0.429. The van der Waals surface area contributed by atoms with Gasteiger partial charge in [-0.1, -0.05) is 44.0 Å². The monoisotopic (exact) mass is 459 g/mol. The van der Waals surface area contributed by atoms with E-state index in [4.69, 9.17) is 4.42 Å². The standard InChI is InChI=1S/C28H33N3O3/c1-19-9-4-6-11-21(19)17-31-26(32)24-15-14-23(25-13-8-16-34-25)30(24)18-28(31,3)27(33)29-22-12-7-5-10-20(22)2/h4,6,8-9,11,13-16,20,22H,5,7,10,12,17-18H2,1-3H3,(H,29,33). The maximum absolute atomic E-state index is 14.0. The summed E-state index contributed by atoms with van der Waals surface area (Å²) in [6.45, 7) is 6.92. The minimum atomic E-state index is -1.04. The number of nitrogens with zero attached hydrogens (tertiary/aromatic N) is 2. The van der Waals surface area contributed by atoms with Crippen molar-refractivity contribution < 1.29 is 14.0 Å². The highest BCUT2D eigenvalue weighted by Gasteiger charge is 2.48. The van der Waals surface area contributed by atoms with Crippen molar-refractivity contribution in [3.05, 3.63) is 71.6 Å². The Balaban J connectivity index is 1.54. The van der Waals surface area contributed by atoms with E-state index in [0.29, 0.717) is 30.5 Å². The van der Waals surface area contributed by atoms with Crippen LogP contribution in [0.4, 0.5) is 0 Å². The van der Waals surface area contributed by atoms with Crippen LogP contribution in [0.5, 0.6) is 0 Å². The molecule has 178 valence electrons. The molecule has 34 heavy (non-hydrogen) atoms. The van der Waals surface area contributed by atoms with Crippen molar-refractivity contribution >= 4 is 11.8 Å². The zero-order valence-electron chi connectivity index (χ0n) is 20.2. The van der Waals surface area contributed by atoms with Crippen molar-refractivity contribution in [3.63, 3.8) is 0 Å². The van der Waals surface area contributed by atoms with Gasteiger partial charge in [0.15, 0.2) is 0 Å². The lowest BCUT2D eigenvalue weighted by Crippen LogP contribution is -2.65. The lowest BCUT2D eigenvalue weighted by Gasteiger charge is -2.45. The number of benzene rings is 1. The number of furan rings is 1. The molecule has 6 heteroatoms. The second kappa shape index (κ2) is 8.82. The highest BCUT2D eigenvalue weighted by molar-refractivity contribution is 6.00. The molecule has 2 amide bonds. The van der Waals surface area contributed by atoms with Gasteiger partial charge in [-0.15, -0.1) is 0 Å². The van der Waals surface area contributed by atoms with E-state index in [1.165, 1.54) is 6.42 Å². The number of aromatic nitrogens is 1. The van der Waals surface area contributed by atoms with Crippen LogP contribution in [0.1, 0.15) is 61.1 Å². The first-order valence-corrected chi connectivity index (χ1v) is 12.3. The number of hydrogen-bond acceptors (Lipinski definition) is 3. The Morgan fingerprint density at radius 2 is 1.85 bits per heavy atom. The summed E-state index contributed by atoms with van der Waals surface area (Å²) in [7, 11) is 0. The fourth-order valence-corrected chi connectivity index (χ4v) is 5.47. The van der Waals surface area contributed by atoms with Crippen molar-refractivity contribution in [3.8, 4) is 11.5 Å². The molecule has 1 aliphatic carbocycles. The Kier molecular flexibility index (Phi) is 5.84. The van der Waals surface area contributed by atoms with E-state index in [1.54, 1.807) is 11.2 Å². The molecule has 0 spiro atoms. The zero-order chi connectivity index (χ0) is 23.9. The van der Waals surface area contributed by atoms with Crippen molar-refractivity contribution in [2.75, 3.05) is 0 Å². The van der Waals surface area contributed by atoms with E-state index in [-0.39, 0.29) is 17.9 Å². The average Bonchev–Trinajstić information content (AvgIpc) is 3.49. The van der Waals surface area contributed by atoms with Crippen LogP contribution in [0.25, 0.3) is 11.5 Å². The lowest BCUT2D eigenvalue weighted by molar-refractivity contribution is -0.134. The van der Waals surface area contributed by atoms with Gasteiger partial charge in [0.05, 0.1) is 18.5 Å². The molecular formula is C28H33N3O3. The molecule has 3 unspecified atom stereocenters. The second-order valence-electron chi connectivity index (χ2n) is 10.1. The molecule has 1 saturated carbocycles. The Hall–Kier alpha value is -3.28. The van der Waals surface area contributed by atoms with Gasteiger partial charge < -0.3 is 19.2 Å². The number of rotatable bonds is 5. The van der Waals surface area contributed by atoms with E-state index < -0.39 is 5.54 Å². The van der Waals surface area contributed by atoms with Crippen LogP contribution in [0.2, 0.25) is 0 Å². The summed E-state index contributed by atoms with van der Waals surface area (Å²) >= 11 is 0. The first kappa shape index (κ1) is 22.5. The normalized spacial score (nSPS) is 24.7. The Morgan fingerprint density at radius 1 is 1.09 bits per heavy atom. The molecule has 3 aromatic rings. The van der Waals surface area contributed by atoms with Crippen molar-refractivity contribution in [1.29, 1.82) is 0 Å². The van der Waals surface area contributed by atoms with Crippen LogP contribution in [0.3, 0.4) is 0 Å². The van der Waals surface area contributed by atoms with Crippen molar-refractivity contribution in [1.82, 2.24) is 14.8 Å². The summed E-state index contributed by atoms with van der Waals surface area (Å²) in [5.41, 5.74) is 2.51. The molecular weight excluding hydrogens is 426 g/mol. The molecule has 5 rings (SSSR count). The molecule has 1 aliphatic heterocycles. The van der Waals surface area contributed by atoms with Crippen LogP contribution < -0.4 is 5.32 Å². The summed E-state index contributed by atoms with van der Waals surface area (Å²) in [5.74, 6) is 0.904. The molecule has 3 atom stereocenters. The maximum Gasteiger partial charge on any atom is 0.271 e. The van der Waals surface area contributed by atoms with Gasteiger partial charge in [-0.3, -0.25) is 9.59 Å². The highest BCUT2D eigenvalue weighted by atomic mass is 16.3. The average molecular weight is 460 g/mol. The van der Waals surface area contributed by atoms with Crippen LogP contribution in [-0.2, 0) is 17.9 Å². The summed E-state index contributed by atoms with van der Waals surface area (Å²) in [6, 6.07) is 15.7. The van der Waals surface area contributed by atoms with Gasteiger partial charge >= 0.3 is 0 Å². The fourth-order valence-electron chi connectivity index (χ4n) is 5.47. The molecule has 6 nitrogen and oxygen atoms in total. The third-order valence-corrected chi connectivity index (χ3v) is 7.79. The minimum absolute atomic E-state index is 0.0853. The van der Waals surface area contributed by atoms with Crippen molar-refractivity contribution in [2.24, 2.45) is 5.92 Å². The van der Waals surface area contributed by atoms with Crippen molar-refractivity contribution in [2.45, 2.75) is 71.1 Å². The van der Waals surface area contributed by atoms with Crippen LogP contribution in [0.15, 0.2) is 59.2 Å². The molecule has 0 bridgehead atoms. The predicted molar refractivity (Wildman–Crippen MR) is 131 cm³/mol. The van der Waals surface area contributed by atoms with E-state index in [1.807, 2.05) is 66.9 Å². The van der Waals surface area contributed by atoms with Gasteiger partial charge in [-0.2, -0.15) is 0 Å². The van der Waals surface area contributed by atoms with E-state index in [0.717, 1.165) is 36.1 Å². The SMILES string of the molecule is Cc1ccccc1CN1C(=O)c2ccc(-c3ccco3)n2CC1(C)C(=O)NC1CCCCC1C. The first-order chi connectivity index (χ1) is 16.4. The predicted octanol–water partition coefficient (Wildman–Crippen LogP) is 5.17. The van der Waals surface area contributed by atoms with Gasteiger partial charge in [-0.25, -0.2) is 0 Å². The Morgan fingerprint density at radius 3 is 2.59 bits per heavy atom. The van der Waals surface area contributed by atoms with Gasteiger partial charge in [0.1, 0.15) is 17.0 Å².